The van der Waals surface area contributed by atoms with Crippen molar-refractivity contribution in [1.82, 2.24) is 4.98 Å². The highest BCUT2D eigenvalue weighted by Gasteiger charge is 2.45. The van der Waals surface area contributed by atoms with E-state index in [0.29, 0.717) is 29.1 Å². The molecule has 7 nitrogen and oxygen atoms in total. The number of aromatic nitrogens is 1. The van der Waals surface area contributed by atoms with E-state index in [1.54, 1.807) is 30.3 Å². The summed E-state index contributed by atoms with van der Waals surface area (Å²) >= 11 is 0. The zero-order valence-electron chi connectivity index (χ0n) is 25.5. The minimum Gasteiger partial charge on any atom is -0.506 e. The minimum atomic E-state index is -1.15. The molecule has 1 aliphatic heterocycles. The van der Waals surface area contributed by atoms with Crippen molar-refractivity contribution >= 4 is 34.0 Å². The molecular formula is C38H32FN3O4. The number of para-hydroxylation sites is 2. The van der Waals surface area contributed by atoms with E-state index in [-0.39, 0.29) is 47.1 Å². The average Bonchev–Trinajstić information content (AvgIpc) is 3.18. The number of fused-ring (bicyclic) bond motifs is 2. The molecule has 0 radical (unpaired) electrons. The second kappa shape index (κ2) is 11.5. The maximum Gasteiger partial charge on any atom is 0.277 e. The summed E-state index contributed by atoms with van der Waals surface area (Å²) in [6.07, 6.45) is 0.664. The second-order valence-corrected chi connectivity index (χ2v) is 12.6. The van der Waals surface area contributed by atoms with Gasteiger partial charge in [-0.05, 0) is 53.8 Å². The normalized spacial score (nSPS) is 17.2. The molecule has 2 N–H and O–H groups in total. The highest BCUT2D eigenvalue weighted by atomic mass is 19.1. The van der Waals surface area contributed by atoms with Gasteiger partial charge in [0.25, 0.3) is 5.91 Å². The zero-order chi connectivity index (χ0) is 32.0. The first kappa shape index (κ1) is 29.2. The number of nitrogens with one attached hydrogen (secondary N) is 1. The van der Waals surface area contributed by atoms with E-state index in [1.807, 2.05) is 74.5 Å². The number of Topliss-reactive ketones (excluding diaryl/α,β-unsaturated/α-hetero) is 1. The van der Waals surface area contributed by atoms with E-state index in [1.165, 1.54) is 17.0 Å². The molecule has 8 heteroatoms. The number of allylic oxidation sites excluding steroid dienone is 1. The number of halogens is 1. The number of benzene rings is 4. The van der Waals surface area contributed by atoms with E-state index < -0.39 is 23.2 Å². The van der Waals surface area contributed by atoms with E-state index in [9.17, 15) is 14.7 Å². The van der Waals surface area contributed by atoms with Gasteiger partial charge in [-0.15, -0.1) is 0 Å². The molecule has 0 spiro atoms. The first-order valence-electron chi connectivity index (χ1n) is 15.2. The molecule has 0 fully saturated rings. The van der Waals surface area contributed by atoms with Crippen molar-refractivity contribution in [1.29, 1.82) is 0 Å². The number of hydrogen-bond donors (Lipinski definition) is 2. The topological polar surface area (TPSA) is 91.8 Å². The molecule has 0 bridgehead atoms. The fraction of sp³-hybridized carbons (Fsp3) is 0.184. The molecule has 1 aliphatic carbocycles. The third-order valence-corrected chi connectivity index (χ3v) is 8.56. The number of amides is 1. The first-order valence-corrected chi connectivity index (χ1v) is 15.2. The lowest BCUT2D eigenvalue weighted by atomic mass is 9.73. The van der Waals surface area contributed by atoms with Crippen molar-refractivity contribution in [2.45, 2.75) is 39.3 Å². The third-order valence-electron chi connectivity index (χ3n) is 8.56. The summed E-state index contributed by atoms with van der Waals surface area (Å²) in [5, 5.41) is 15.2. The Morgan fingerprint density at radius 2 is 1.76 bits per heavy atom. The highest BCUT2D eigenvalue weighted by molar-refractivity contribution is 6.12. The molecular weight excluding hydrogens is 581 g/mol. The van der Waals surface area contributed by atoms with Gasteiger partial charge < -0.3 is 15.2 Å². The third kappa shape index (κ3) is 5.36. The Morgan fingerprint density at radius 3 is 2.57 bits per heavy atom. The van der Waals surface area contributed by atoms with E-state index in [2.05, 4.69) is 10.3 Å². The maximum atomic E-state index is 16.4. The van der Waals surface area contributed by atoms with Crippen LogP contribution in [0.15, 0.2) is 114 Å². The number of phenolic OH excluding ortho intramolecular Hbond substituents is 1. The van der Waals surface area contributed by atoms with Gasteiger partial charge >= 0.3 is 0 Å². The largest absolute Gasteiger partial charge is 0.506 e. The molecule has 7 rings (SSSR count). The van der Waals surface area contributed by atoms with Crippen LogP contribution in [0, 0.1) is 11.2 Å². The SMILES string of the molecule is CC1(C)CC(=O)C2=C(C1)Nc1c(O)cccc1N(C(=O)c1ccc3ccccc3n1)[C@H]2c1ccc(OCc2ccccc2)cc1F. The first-order chi connectivity index (χ1) is 22.2. The fourth-order valence-electron chi connectivity index (χ4n) is 6.43. The molecule has 0 saturated carbocycles. The Bertz CT molecular complexity index is 2040. The number of carbonyl (C=O) groups excluding carboxylic acids is 2. The van der Waals surface area contributed by atoms with Gasteiger partial charge in [-0.25, -0.2) is 9.37 Å². The van der Waals surface area contributed by atoms with Crippen molar-refractivity contribution < 1.29 is 23.8 Å². The highest BCUT2D eigenvalue weighted by Crippen LogP contribution is 2.51. The number of ether oxygens (including phenoxy) is 1. The molecule has 1 aromatic heterocycles. The number of pyridine rings is 1. The van der Waals surface area contributed by atoms with Gasteiger partial charge in [0.1, 0.15) is 35.3 Å². The van der Waals surface area contributed by atoms with Crippen LogP contribution in [0.4, 0.5) is 15.8 Å². The molecule has 0 unspecified atom stereocenters. The lowest BCUT2D eigenvalue weighted by molar-refractivity contribution is -0.118. The van der Waals surface area contributed by atoms with Gasteiger partial charge in [0.15, 0.2) is 5.78 Å². The lowest BCUT2D eigenvalue weighted by Gasteiger charge is -2.37. The molecule has 4 aromatic carbocycles. The van der Waals surface area contributed by atoms with Crippen LogP contribution in [0.1, 0.15) is 54.3 Å². The molecule has 2 heterocycles. The minimum absolute atomic E-state index is 0.102. The van der Waals surface area contributed by atoms with Gasteiger partial charge in [0.05, 0.1) is 17.2 Å². The quantitative estimate of drug-likeness (QED) is 0.195. The van der Waals surface area contributed by atoms with Gasteiger partial charge in [-0.1, -0.05) is 74.5 Å². The molecule has 0 saturated heterocycles. The number of phenols is 1. The Kier molecular flexibility index (Phi) is 7.28. The van der Waals surface area contributed by atoms with Crippen LogP contribution in [0.3, 0.4) is 0 Å². The van der Waals surface area contributed by atoms with Gasteiger partial charge in [0.2, 0.25) is 0 Å². The smallest absolute Gasteiger partial charge is 0.277 e. The fourth-order valence-corrected chi connectivity index (χ4v) is 6.43. The zero-order valence-corrected chi connectivity index (χ0v) is 25.5. The number of carbonyl (C=O) groups is 2. The predicted molar refractivity (Wildman–Crippen MR) is 175 cm³/mol. The van der Waals surface area contributed by atoms with Crippen molar-refractivity contribution in [3.8, 4) is 11.5 Å². The monoisotopic (exact) mass is 613 g/mol. The lowest BCUT2D eigenvalue weighted by Crippen LogP contribution is -2.40. The number of rotatable bonds is 5. The summed E-state index contributed by atoms with van der Waals surface area (Å²) < 4.78 is 22.3. The van der Waals surface area contributed by atoms with Crippen LogP contribution in [0.2, 0.25) is 0 Å². The van der Waals surface area contributed by atoms with Crippen LogP contribution in [-0.4, -0.2) is 21.8 Å². The summed E-state index contributed by atoms with van der Waals surface area (Å²) in [7, 11) is 0. The van der Waals surface area contributed by atoms with E-state index in [0.717, 1.165) is 10.9 Å². The second-order valence-electron chi connectivity index (χ2n) is 12.6. The number of anilines is 2. The van der Waals surface area contributed by atoms with Crippen LogP contribution in [0.25, 0.3) is 10.9 Å². The summed E-state index contributed by atoms with van der Waals surface area (Å²) in [4.78, 5) is 34.8. The molecule has 1 amide bonds. The van der Waals surface area contributed by atoms with Gasteiger partial charge in [-0.3, -0.25) is 14.5 Å². The molecule has 5 aromatic rings. The van der Waals surface area contributed by atoms with Crippen molar-refractivity contribution in [2.24, 2.45) is 5.41 Å². The summed E-state index contributed by atoms with van der Waals surface area (Å²) in [5.74, 6) is -1.17. The van der Waals surface area contributed by atoms with E-state index >= 15 is 4.39 Å². The Labute approximate surface area is 266 Å². The number of hydrogen-bond acceptors (Lipinski definition) is 6. The van der Waals surface area contributed by atoms with E-state index in [4.69, 9.17) is 4.74 Å². The number of aromatic hydroxyl groups is 1. The Balaban J connectivity index is 1.40. The summed E-state index contributed by atoms with van der Waals surface area (Å²) in [5.41, 5.74) is 2.78. The maximum absolute atomic E-state index is 16.4. The van der Waals surface area contributed by atoms with Crippen LogP contribution in [-0.2, 0) is 11.4 Å². The van der Waals surface area contributed by atoms with Crippen molar-refractivity contribution in [2.75, 3.05) is 10.2 Å². The standard InChI is InChI=1S/C38H32FN3O4/c1-38(2)20-30-34(33(44)21-38)36(26-17-16-25(19-27(26)39)46-22-23-9-4-3-5-10-23)42(31-13-8-14-32(43)35(31)41-30)37(45)29-18-15-24-11-6-7-12-28(24)40-29/h3-19,36,41,43H,20-22H2,1-2H3/t36-/m0/s1. The van der Waals surface area contributed by atoms with Gasteiger partial charge in [-0.2, -0.15) is 0 Å². The Hall–Kier alpha value is -5.50. The average molecular weight is 614 g/mol. The Morgan fingerprint density at radius 1 is 0.978 bits per heavy atom. The van der Waals surface area contributed by atoms with Crippen molar-refractivity contribution in [3.05, 3.63) is 137 Å². The molecule has 230 valence electrons. The van der Waals surface area contributed by atoms with Crippen molar-refractivity contribution in [3.63, 3.8) is 0 Å². The van der Waals surface area contributed by atoms with Crippen LogP contribution in [0.5, 0.6) is 11.5 Å². The number of nitrogens with zero attached hydrogens (tertiary/aromatic N) is 2. The van der Waals surface area contributed by atoms with Gasteiger partial charge in [0, 0.05) is 34.7 Å². The summed E-state index contributed by atoms with van der Waals surface area (Å²) in [6, 6.07) is 28.6. The molecule has 46 heavy (non-hydrogen) atoms. The predicted octanol–water partition coefficient (Wildman–Crippen LogP) is 8.12. The molecule has 1 atom stereocenters. The van der Waals surface area contributed by atoms with Crippen LogP contribution < -0.4 is 15.0 Å². The summed E-state index contributed by atoms with van der Waals surface area (Å²) in [6.45, 7) is 4.23. The molecule has 2 aliphatic rings. The number of ketones is 1. The van der Waals surface area contributed by atoms with Crippen LogP contribution >= 0.6 is 0 Å².